The lowest BCUT2D eigenvalue weighted by atomic mass is 10.0. The number of allylic oxidation sites excluding steroid dienone is 2. The minimum atomic E-state index is -0.662. The molecular weight excluding hydrogens is 1100 g/mol. The van der Waals surface area contributed by atoms with Gasteiger partial charge in [0.05, 0.1) is 25.4 Å². The van der Waals surface area contributed by atoms with E-state index < -0.39 is 12.1 Å². The van der Waals surface area contributed by atoms with E-state index in [1.54, 1.807) is 0 Å². The van der Waals surface area contributed by atoms with Gasteiger partial charge in [-0.2, -0.15) is 0 Å². The number of nitrogens with one attached hydrogen (secondary N) is 1. The zero-order valence-electron chi connectivity index (χ0n) is 61.7. The van der Waals surface area contributed by atoms with Gasteiger partial charge >= 0.3 is 5.97 Å². The van der Waals surface area contributed by atoms with E-state index in [1.807, 2.05) is 0 Å². The van der Waals surface area contributed by atoms with Crippen LogP contribution in [0.25, 0.3) is 0 Å². The molecule has 0 aliphatic carbocycles. The van der Waals surface area contributed by atoms with Crippen LogP contribution in [0.1, 0.15) is 489 Å². The van der Waals surface area contributed by atoms with Gasteiger partial charge in [-0.15, -0.1) is 0 Å². The summed E-state index contributed by atoms with van der Waals surface area (Å²) in [5.41, 5.74) is 0. The monoisotopic (exact) mass is 1270 g/mol. The van der Waals surface area contributed by atoms with E-state index in [2.05, 4.69) is 31.3 Å². The highest BCUT2D eigenvalue weighted by molar-refractivity contribution is 5.76. The van der Waals surface area contributed by atoms with Gasteiger partial charge in [-0.25, -0.2) is 0 Å². The number of carbonyl (C=O) groups excluding carboxylic acids is 2. The summed E-state index contributed by atoms with van der Waals surface area (Å²) in [6.45, 7) is 5.01. The first kappa shape index (κ1) is 88.6. The molecule has 1 amide bonds. The van der Waals surface area contributed by atoms with Crippen LogP contribution in [0.2, 0.25) is 0 Å². The average molecular weight is 1270 g/mol. The summed E-state index contributed by atoms with van der Waals surface area (Å²) in [6, 6.07) is -0.539. The Kier molecular flexibility index (Phi) is 78.8. The Bertz CT molecular complexity index is 1370. The lowest BCUT2D eigenvalue weighted by Gasteiger charge is -2.22. The van der Waals surface area contributed by atoms with Gasteiger partial charge in [0.25, 0.3) is 0 Å². The number of carbonyl (C=O) groups is 2. The van der Waals surface area contributed by atoms with Gasteiger partial charge in [0.2, 0.25) is 5.91 Å². The molecule has 536 valence electrons. The highest BCUT2D eigenvalue weighted by atomic mass is 16.5. The molecule has 0 aliphatic heterocycles. The number of esters is 1. The van der Waals surface area contributed by atoms with E-state index >= 15 is 0 Å². The van der Waals surface area contributed by atoms with Crippen LogP contribution >= 0.6 is 0 Å². The molecule has 6 nitrogen and oxygen atoms in total. The van der Waals surface area contributed by atoms with E-state index in [1.165, 1.54) is 411 Å². The van der Waals surface area contributed by atoms with Crippen molar-refractivity contribution in [2.45, 2.75) is 501 Å². The first-order chi connectivity index (χ1) is 44.5. The number of rotatable bonds is 80. The molecule has 0 bridgehead atoms. The van der Waals surface area contributed by atoms with E-state index in [0.717, 1.165) is 44.9 Å². The number of aliphatic hydroxyl groups is 2. The molecule has 0 aliphatic rings. The number of unbranched alkanes of at least 4 members (excludes halogenated alkanes) is 67. The molecule has 0 rings (SSSR count). The van der Waals surface area contributed by atoms with Crippen molar-refractivity contribution in [2.24, 2.45) is 0 Å². The van der Waals surface area contributed by atoms with Crippen LogP contribution in [0, 0.1) is 0 Å². The standard InChI is InChI=1S/C84H165NO5/c1-3-5-7-9-11-13-15-17-19-20-21-22-23-33-36-39-42-45-49-52-56-60-64-68-72-76-82(87)81(80-86)85-83(88)77-73-69-65-61-57-53-50-46-43-40-37-34-31-29-27-25-24-26-28-30-32-35-38-41-44-47-51-55-59-63-67-71-75-79-90-84(89)78-74-70-66-62-58-54-48-18-16-14-12-10-8-6-4-2/h18,48,81-82,86-87H,3-17,19-47,49-80H2,1-2H3,(H,85,88)/b48-18-. The zero-order valence-corrected chi connectivity index (χ0v) is 61.7. The number of hydrogen-bond donors (Lipinski definition) is 3. The predicted octanol–water partition coefficient (Wildman–Crippen LogP) is 27.8. The van der Waals surface area contributed by atoms with Crippen molar-refractivity contribution in [1.29, 1.82) is 0 Å². The molecule has 6 heteroatoms. The van der Waals surface area contributed by atoms with Crippen molar-refractivity contribution in [3.05, 3.63) is 12.2 Å². The first-order valence-electron chi connectivity index (χ1n) is 41.9. The minimum absolute atomic E-state index is 0.0152. The third-order valence-corrected chi connectivity index (χ3v) is 20.1. The summed E-state index contributed by atoms with van der Waals surface area (Å²) in [6.07, 6.45) is 102. The SMILES string of the molecule is CCCCCCCC/C=C\CCCCCCCC(=O)OCCCCCCCCCCCCCCCCCCCCCCCCCCCCCCCCCCCC(=O)NC(CO)C(O)CCCCCCCCCCCCCCCCCCCCCCCCCCC. The Labute approximate surface area is 565 Å². The Morgan fingerprint density at radius 3 is 0.789 bits per heavy atom. The fourth-order valence-corrected chi connectivity index (χ4v) is 13.7. The van der Waals surface area contributed by atoms with Crippen LogP contribution in [0.4, 0.5) is 0 Å². The molecule has 0 fully saturated rings. The highest BCUT2D eigenvalue weighted by Gasteiger charge is 2.20. The Balaban J connectivity index is 3.32. The van der Waals surface area contributed by atoms with Crippen molar-refractivity contribution in [1.82, 2.24) is 5.32 Å². The number of aliphatic hydroxyl groups excluding tert-OH is 2. The minimum Gasteiger partial charge on any atom is -0.466 e. The third kappa shape index (κ3) is 75.6. The molecule has 2 atom stereocenters. The normalized spacial score (nSPS) is 12.4. The molecule has 0 radical (unpaired) electrons. The summed E-state index contributed by atoms with van der Waals surface area (Å²) in [4.78, 5) is 24.7. The van der Waals surface area contributed by atoms with Gasteiger partial charge in [0.1, 0.15) is 0 Å². The summed E-state index contributed by atoms with van der Waals surface area (Å²) in [7, 11) is 0. The van der Waals surface area contributed by atoms with Gasteiger partial charge in [0, 0.05) is 12.8 Å². The Hall–Kier alpha value is -1.40. The smallest absolute Gasteiger partial charge is 0.305 e. The van der Waals surface area contributed by atoms with Gasteiger partial charge in [-0.1, -0.05) is 437 Å². The fourth-order valence-electron chi connectivity index (χ4n) is 13.7. The van der Waals surface area contributed by atoms with E-state index in [0.29, 0.717) is 25.9 Å². The Morgan fingerprint density at radius 1 is 0.300 bits per heavy atom. The molecule has 0 heterocycles. The van der Waals surface area contributed by atoms with E-state index in [4.69, 9.17) is 4.74 Å². The molecule has 0 aromatic rings. The molecule has 2 unspecified atom stereocenters. The van der Waals surface area contributed by atoms with Crippen molar-refractivity contribution in [3.63, 3.8) is 0 Å². The number of amides is 1. The Morgan fingerprint density at radius 2 is 0.522 bits per heavy atom. The maximum atomic E-state index is 12.6. The second-order valence-electron chi connectivity index (χ2n) is 29.2. The van der Waals surface area contributed by atoms with Crippen molar-refractivity contribution >= 4 is 11.9 Å². The quantitative estimate of drug-likeness (QED) is 0.0320. The molecular formula is C84H165NO5. The lowest BCUT2D eigenvalue weighted by Crippen LogP contribution is -2.45. The molecule has 3 N–H and O–H groups in total. The van der Waals surface area contributed by atoms with Crippen LogP contribution in [-0.4, -0.2) is 47.4 Å². The summed E-state index contributed by atoms with van der Waals surface area (Å²) < 4.78 is 5.50. The van der Waals surface area contributed by atoms with E-state index in [9.17, 15) is 19.8 Å². The maximum Gasteiger partial charge on any atom is 0.305 e. The van der Waals surface area contributed by atoms with Crippen LogP contribution in [0.5, 0.6) is 0 Å². The molecule has 0 aromatic heterocycles. The average Bonchev–Trinajstić information content (AvgIpc) is 3.61. The van der Waals surface area contributed by atoms with Gasteiger partial charge < -0.3 is 20.3 Å². The first-order valence-corrected chi connectivity index (χ1v) is 41.9. The van der Waals surface area contributed by atoms with Crippen molar-refractivity contribution in [2.75, 3.05) is 13.2 Å². The van der Waals surface area contributed by atoms with Crippen LogP contribution in [0.3, 0.4) is 0 Å². The predicted molar refractivity (Wildman–Crippen MR) is 398 cm³/mol. The van der Waals surface area contributed by atoms with Crippen LogP contribution < -0.4 is 5.32 Å². The van der Waals surface area contributed by atoms with Gasteiger partial charge in [0.15, 0.2) is 0 Å². The lowest BCUT2D eigenvalue weighted by molar-refractivity contribution is -0.143. The zero-order chi connectivity index (χ0) is 64.9. The summed E-state index contributed by atoms with van der Waals surface area (Å²) in [5.74, 6) is -0.00837. The van der Waals surface area contributed by atoms with Gasteiger partial charge in [-0.05, 0) is 51.4 Å². The third-order valence-electron chi connectivity index (χ3n) is 20.1. The summed E-state index contributed by atoms with van der Waals surface area (Å²) in [5, 5.41) is 23.5. The van der Waals surface area contributed by atoms with Gasteiger partial charge in [-0.3, -0.25) is 9.59 Å². The maximum absolute atomic E-state index is 12.6. The van der Waals surface area contributed by atoms with Crippen LogP contribution in [-0.2, 0) is 14.3 Å². The molecule has 0 saturated carbocycles. The highest BCUT2D eigenvalue weighted by Crippen LogP contribution is 2.21. The second kappa shape index (κ2) is 80.0. The molecule has 90 heavy (non-hydrogen) atoms. The second-order valence-corrected chi connectivity index (χ2v) is 29.2. The number of hydrogen-bond acceptors (Lipinski definition) is 5. The van der Waals surface area contributed by atoms with Crippen molar-refractivity contribution in [3.8, 4) is 0 Å². The van der Waals surface area contributed by atoms with E-state index in [-0.39, 0.29) is 18.5 Å². The topological polar surface area (TPSA) is 95.9 Å². The molecule has 0 saturated heterocycles. The van der Waals surface area contributed by atoms with Crippen LogP contribution in [0.15, 0.2) is 12.2 Å². The number of ether oxygens (including phenoxy) is 1. The molecule has 0 aromatic carbocycles. The largest absolute Gasteiger partial charge is 0.466 e. The molecule has 0 spiro atoms. The fraction of sp³-hybridized carbons (Fsp3) is 0.952. The van der Waals surface area contributed by atoms with Crippen molar-refractivity contribution < 1.29 is 24.5 Å². The summed E-state index contributed by atoms with van der Waals surface area (Å²) >= 11 is 0.